The Hall–Kier alpha value is -1.88. The largest absolute Gasteiger partial charge is 0.493 e. The Bertz CT molecular complexity index is 525. The van der Waals surface area contributed by atoms with Gasteiger partial charge in [0.25, 0.3) is 0 Å². The molecule has 0 unspecified atom stereocenters. The molecular weight excluding hydrogens is 270 g/mol. The van der Waals surface area contributed by atoms with Crippen LogP contribution >= 0.6 is 0 Å². The lowest BCUT2D eigenvalue weighted by atomic mass is 9.90. The van der Waals surface area contributed by atoms with E-state index in [4.69, 9.17) is 19.0 Å². The fourth-order valence-electron chi connectivity index (χ4n) is 2.78. The average Bonchev–Trinajstić information content (AvgIpc) is 2.54. The summed E-state index contributed by atoms with van der Waals surface area (Å²) in [6.45, 7) is 0. The molecule has 0 fully saturated rings. The fourth-order valence-corrected chi connectivity index (χ4v) is 2.78. The monoisotopic (exact) mass is 293 g/mol. The van der Waals surface area contributed by atoms with E-state index in [-0.39, 0.29) is 0 Å². The molecule has 0 amide bonds. The standard InChI is InChI=1S/C16H23NO4/c1-18-14-10-9-12(15(19-2)16(14)20-3)11-7-5-6-8-13(11)17-21-4/h9-10,17H,5-8H2,1-4H3. The van der Waals surface area contributed by atoms with Gasteiger partial charge in [0.05, 0.1) is 28.4 Å². The first-order valence-electron chi connectivity index (χ1n) is 7.07. The Labute approximate surface area is 125 Å². The molecule has 21 heavy (non-hydrogen) atoms. The van der Waals surface area contributed by atoms with E-state index < -0.39 is 0 Å². The van der Waals surface area contributed by atoms with Gasteiger partial charge in [-0.3, -0.25) is 10.3 Å². The molecule has 0 bridgehead atoms. The summed E-state index contributed by atoms with van der Waals surface area (Å²) >= 11 is 0. The zero-order valence-electron chi connectivity index (χ0n) is 13.1. The molecular formula is C16H23NO4. The topological polar surface area (TPSA) is 49.0 Å². The molecule has 1 N–H and O–H groups in total. The molecule has 2 rings (SSSR count). The minimum Gasteiger partial charge on any atom is -0.493 e. The highest BCUT2D eigenvalue weighted by molar-refractivity contribution is 5.77. The number of hydrogen-bond acceptors (Lipinski definition) is 5. The van der Waals surface area contributed by atoms with Gasteiger partial charge in [0.2, 0.25) is 5.75 Å². The molecule has 0 saturated carbocycles. The first kappa shape index (κ1) is 15.5. The molecule has 0 spiro atoms. The van der Waals surface area contributed by atoms with Crippen LogP contribution in [0, 0.1) is 0 Å². The summed E-state index contributed by atoms with van der Waals surface area (Å²) in [6, 6.07) is 3.92. The van der Waals surface area contributed by atoms with E-state index >= 15 is 0 Å². The molecule has 1 aromatic rings. The van der Waals surface area contributed by atoms with Gasteiger partial charge >= 0.3 is 0 Å². The van der Waals surface area contributed by atoms with Crippen molar-refractivity contribution in [1.29, 1.82) is 0 Å². The quantitative estimate of drug-likeness (QED) is 0.817. The molecule has 0 heterocycles. The van der Waals surface area contributed by atoms with E-state index in [1.165, 1.54) is 5.57 Å². The summed E-state index contributed by atoms with van der Waals surface area (Å²) in [5.74, 6) is 1.98. The van der Waals surface area contributed by atoms with Crippen LogP contribution in [0.3, 0.4) is 0 Å². The van der Waals surface area contributed by atoms with Gasteiger partial charge < -0.3 is 14.2 Å². The van der Waals surface area contributed by atoms with Gasteiger partial charge in [0, 0.05) is 11.3 Å². The van der Waals surface area contributed by atoms with Gasteiger partial charge in [-0.1, -0.05) is 0 Å². The van der Waals surface area contributed by atoms with Crippen LogP contribution < -0.4 is 19.7 Å². The van der Waals surface area contributed by atoms with E-state index in [9.17, 15) is 0 Å². The first-order chi connectivity index (χ1) is 10.3. The van der Waals surface area contributed by atoms with Crippen LogP contribution in [-0.4, -0.2) is 28.4 Å². The van der Waals surface area contributed by atoms with E-state index in [1.54, 1.807) is 28.4 Å². The lowest BCUT2D eigenvalue weighted by molar-refractivity contribution is 0.114. The minimum absolute atomic E-state index is 0.618. The summed E-state index contributed by atoms with van der Waals surface area (Å²) < 4.78 is 16.4. The van der Waals surface area contributed by atoms with Crippen molar-refractivity contribution in [2.24, 2.45) is 0 Å². The van der Waals surface area contributed by atoms with Gasteiger partial charge in [-0.2, -0.15) is 0 Å². The van der Waals surface area contributed by atoms with E-state index in [0.29, 0.717) is 17.2 Å². The number of ether oxygens (including phenoxy) is 3. The number of benzene rings is 1. The van der Waals surface area contributed by atoms with Crippen LogP contribution in [0.2, 0.25) is 0 Å². The lowest BCUT2D eigenvalue weighted by Gasteiger charge is -2.23. The summed E-state index contributed by atoms with van der Waals surface area (Å²) in [5.41, 5.74) is 6.34. The number of hydroxylamine groups is 1. The van der Waals surface area contributed by atoms with Crippen LogP contribution in [-0.2, 0) is 4.84 Å². The van der Waals surface area contributed by atoms with E-state index in [2.05, 4.69) is 5.48 Å². The number of hydrogen-bond donors (Lipinski definition) is 1. The lowest BCUT2D eigenvalue weighted by Crippen LogP contribution is -2.16. The first-order valence-corrected chi connectivity index (χ1v) is 7.07. The molecule has 0 aromatic heterocycles. The third-order valence-corrected chi connectivity index (χ3v) is 3.72. The van der Waals surface area contributed by atoms with Crippen molar-refractivity contribution in [1.82, 2.24) is 5.48 Å². The second kappa shape index (κ2) is 7.22. The van der Waals surface area contributed by atoms with E-state index in [0.717, 1.165) is 36.9 Å². The maximum atomic E-state index is 5.58. The number of nitrogens with one attached hydrogen (secondary N) is 1. The highest BCUT2D eigenvalue weighted by Gasteiger charge is 2.22. The summed E-state index contributed by atoms with van der Waals surface area (Å²) in [5, 5.41) is 0. The van der Waals surface area contributed by atoms with Crippen molar-refractivity contribution in [2.45, 2.75) is 25.7 Å². The van der Waals surface area contributed by atoms with Crippen LogP contribution in [0.4, 0.5) is 0 Å². The van der Waals surface area contributed by atoms with Crippen molar-refractivity contribution in [3.05, 3.63) is 23.4 Å². The SMILES string of the molecule is CONC1=C(c2ccc(OC)c(OC)c2OC)CCCC1. The van der Waals surface area contributed by atoms with Gasteiger partial charge in [0.15, 0.2) is 11.5 Å². The van der Waals surface area contributed by atoms with Crippen molar-refractivity contribution in [3.8, 4) is 17.2 Å². The maximum Gasteiger partial charge on any atom is 0.203 e. The molecule has 0 aliphatic heterocycles. The normalized spacial score (nSPS) is 14.9. The van der Waals surface area contributed by atoms with Gasteiger partial charge in [0.1, 0.15) is 0 Å². The molecule has 1 aliphatic carbocycles. The molecule has 5 heteroatoms. The predicted molar refractivity (Wildman–Crippen MR) is 81.6 cm³/mol. The van der Waals surface area contributed by atoms with Crippen molar-refractivity contribution in [3.63, 3.8) is 0 Å². The highest BCUT2D eigenvalue weighted by atomic mass is 16.6. The van der Waals surface area contributed by atoms with Gasteiger partial charge in [-0.05, 0) is 43.4 Å². The summed E-state index contributed by atoms with van der Waals surface area (Å²) in [6.07, 6.45) is 4.27. The molecule has 1 aliphatic rings. The van der Waals surface area contributed by atoms with Crippen molar-refractivity contribution < 1.29 is 19.0 Å². The number of allylic oxidation sites excluding steroid dienone is 2. The minimum atomic E-state index is 0.618. The maximum absolute atomic E-state index is 5.58. The van der Waals surface area contributed by atoms with Crippen LogP contribution in [0.1, 0.15) is 31.2 Å². The molecule has 0 atom stereocenters. The van der Waals surface area contributed by atoms with Crippen molar-refractivity contribution in [2.75, 3.05) is 28.4 Å². The average molecular weight is 293 g/mol. The van der Waals surface area contributed by atoms with Crippen LogP contribution in [0.5, 0.6) is 17.2 Å². The third kappa shape index (κ3) is 3.08. The molecule has 116 valence electrons. The smallest absolute Gasteiger partial charge is 0.203 e. The summed E-state index contributed by atoms with van der Waals surface area (Å²) in [7, 11) is 6.52. The Morgan fingerprint density at radius 1 is 0.857 bits per heavy atom. The molecule has 5 nitrogen and oxygen atoms in total. The summed E-state index contributed by atoms with van der Waals surface area (Å²) in [4.78, 5) is 5.10. The fraction of sp³-hybridized carbons (Fsp3) is 0.500. The highest BCUT2D eigenvalue weighted by Crippen LogP contribution is 2.45. The second-order valence-electron chi connectivity index (χ2n) is 4.85. The molecule has 0 saturated heterocycles. The Balaban J connectivity index is 2.56. The predicted octanol–water partition coefficient (Wildman–Crippen LogP) is 3.15. The second-order valence-corrected chi connectivity index (χ2v) is 4.85. The molecule has 0 radical (unpaired) electrons. The van der Waals surface area contributed by atoms with E-state index in [1.807, 2.05) is 12.1 Å². The van der Waals surface area contributed by atoms with Crippen LogP contribution in [0.15, 0.2) is 17.8 Å². The molecule has 1 aromatic carbocycles. The Kier molecular flexibility index (Phi) is 5.33. The Morgan fingerprint density at radius 2 is 1.57 bits per heavy atom. The Morgan fingerprint density at radius 3 is 2.19 bits per heavy atom. The van der Waals surface area contributed by atoms with Gasteiger partial charge in [-0.15, -0.1) is 0 Å². The van der Waals surface area contributed by atoms with Gasteiger partial charge in [-0.25, -0.2) is 0 Å². The zero-order chi connectivity index (χ0) is 15.2. The number of rotatable bonds is 6. The third-order valence-electron chi connectivity index (χ3n) is 3.72. The van der Waals surface area contributed by atoms with Crippen molar-refractivity contribution >= 4 is 5.57 Å². The number of methoxy groups -OCH3 is 3. The zero-order valence-corrected chi connectivity index (χ0v) is 13.1. The van der Waals surface area contributed by atoms with Crippen LogP contribution in [0.25, 0.3) is 5.57 Å².